The van der Waals surface area contributed by atoms with Crippen molar-refractivity contribution in [3.8, 4) is 17.5 Å². The van der Waals surface area contributed by atoms with Crippen molar-refractivity contribution in [3.05, 3.63) is 62.4 Å². The van der Waals surface area contributed by atoms with Crippen molar-refractivity contribution in [1.82, 2.24) is 24.1 Å². The highest BCUT2D eigenvalue weighted by molar-refractivity contribution is 6.28. The molecule has 25 heavy (non-hydrogen) atoms. The fraction of sp³-hybridized carbons (Fsp3) is 0.250. The lowest BCUT2D eigenvalue weighted by atomic mass is 10.2. The van der Waals surface area contributed by atoms with E-state index in [2.05, 4.69) is 21.0 Å². The van der Waals surface area contributed by atoms with Crippen molar-refractivity contribution < 1.29 is 0 Å². The molecule has 0 unspecified atom stereocenters. The third kappa shape index (κ3) is 2.49. The first-order valence-electron chi connectivity index (χ1n) is 7.54. The average molecular weight is 355 g/mol. The Morgan fingerprint density at radius 2 is 2.00 bits per heavy atom. The zero-order valence-corrected chi connectivity index (χ0v) is 13.6. The summed E-state index contributed by atoms with van der Waals surface area (Å²) in [5.74, 6) is 0.262. The monoisotopic (exact) mass is 354 g/mol. The van der Waals surface area contributed by atoms with Crippen molar-refractivity contribution in [2.45, 2.75) is 24.9 Å². The second kappa shape index (κ2) is 5.50. The number of aromatic nitrogens is 5. The molecule has 3 heterocycles. The van der Waals surface area contributed by atoms with Crippen LogP contribution in [0.2, 0.25) is 5.28 Å². The Labute approximate surface area is 146 Å². The van der Waals surface area contributed by atoms with Crippen LogP contribution >= 0.6 is 11.6 Å². The topological polar surface area (TPSA) is 106 Å². The number of pyridine rings is 1. The van der Waals surface area contributed by atoms with Gasteiger partial charge in [-0.05, 0) is 36.6 Å². The zero-order valence-electron chi connectivity index (χ0n) is 12.9. The predicted octanol–water partition coefficient (Wildman–Crippen LogP) is 1.01. The molecule has 9 heteroatoms. The lowest BCUT2D eigenvalue weighted by Gasteiger charge is -2.16. The molecule has 0 amide bonds. The molecule has 0 bridgehead atoms. The van der Waals surface area contributed by atoms with E-state index in [1.165, 1.54) is 0 Å². The van der Waals surface area contributed by atoms with E-state index in [4.69, 9.17) is 11.6 Å². The van der Waals surface area contributed by atoms with Crippen LogP contribution in [-0.2, 0) is 12.1 Å². The first-order chi connectivity index (χ1) is 12.0. The number of fused-ring (bicyclic) bond motifs is 1. The molecule has 8 nitrogen and oxygen atoms in total. The Morgan fingerprint density at radius 1 is 1.28 bits per heavy atom. The molecule has 1 fully saturated rings. The molecule has 3 aliphatic rings. The molecule has 0 spiro atoms. The van der Waals surface area contributed by atoms with Crippen LogP contribution in [0.5, 0.6) is 0 Å². The molecule has 4 rings (SSSR count). The molecule has 1 aromatic rings. The van der Waals surface area contributed by atoms with Crippen LogP contribution < -0.4 is 11.2 Å². The summed E-state index contributed by atoms with van der Waals surface area (Å²) in [7, 11) is 0. The normalized spacial score (nSPS) is 15.0. The predicted molar refractivity (Wildman–Crippen MR) is 88.3 cm³/mol. The highest BCUT2D eigenvalue weighted by Gasteiger charge is 2.48. The van der Waals surface area contributed by atoms with Crippen LogP contribution in [0.25, 0.3) is 11.4 Å². The van der Waals surface area contributed by atoms with E-state index in [9.17, 15) is 14.9 Å². The summed E-state index contributed by atoms with van der Waals surface area (Å²) in [5, 5.41) is 9.44. The van der Waals surface area contributed by atoms with Gasteiger partial charge in [-0.25, -0.2) is 19.3 Å². The Kier molecular flexibility index (Phi) is 3.40. The Hall–Kier alpha value is -3.05. The molecule has 1 saturated carbocycles. The number of hydrogen-bond donors (Lipinski definition) is 0. The Morgan fingerprint density at radius 3 is 2.64 bits per heavy atom. The molecule has 0 N–H and O–H groups in total. The fourth-order valence-electron chi connectivity index (χ4n) is 2.81. The van der Waals surface area contributed by atoms with E-state index < -0.39 is 16.8 Å². The van der Waals surface area contributed by atoms with Crippen molar-refractivity contribution in [2.75, 3.05) is 0 Å². The number of halogens is 1. The second-order valence-electron chi connectivity index (χ2n) is 5.91. The maximum Gasteiger partial charge on any atom is 0.353 e. The maximum atomic E-state index is 12.8. The summed E-state index contributed by atoms with van der Waals surface area (Å²) in [6, 6.07) is 5.36. The smallest absolute Gasteiger partial charge is 0.328 e. The van der Waals surface area contributed by atoms with E-state index in [0.717, 1.165) is 10.1 Å². The number of nitrogens with zero attached hydrogens (tertiary/aromatic N) is 6. The van der Waals surface area contributed by atoms with Gasteiger partial charge in [0.15, 0.2) is 5.82 Å². The number of hydrogen-bond acceptors (Lipinski definition) is 6. The van der Waals surface area contributed by atoms with Gasteiger partial charge in [0.25, 0.3) is 5.56 Å². The van der Waals surface area contributed by atoms with Gasteiger partial charge in [0, 0.05) is 24.2 Å². The van der Waals surface area contributed by atoms with Gasteiger partial charge in [-0.3, -0.25) is 4.79 Å². The van der Waals surface area contributed by atoms with E-state index in [-0.39, 0.29) is 11.1 Å². The highest BCUT2D eigenvalue weighted by Crippen LogP contribution is 2.40. The lowest BCUT2D eigenvalue weighted by Crippen LogP contribution is -2.43. The number of nitriles is 1. The fourth-order valence-corrected chi connectivity index (χ4v) is 2.91. The van der Waals surface area contributed by atoms with Crippen LogP contribution in [0.3, 0.4) is 0 Å². The SMILES string of the molecule is N#CC1(n2c(=O)nc3n(Cc4cnc(Cl)nc4)cccc-3c2=O)CC1. The van der Waals surface area contributed by atoms with Gasteiger partial charge in [0.05, 0.1) is 18.2 Å². The molecule has 0 aromatic carbocycles. The van der Waals surface area contributed by atoms with Gasteiger partial charge < -0.3 is 4.57 Å². The Bertz CT molecular complexity index is 1090. The molecule has 1 aromatic heterocycles. The van der Waals surface area contributed by atoms with Crippen molar-refractivity contribution in [3.63, 3.8) is 0 Å². The molecular weight excluding hydrogens is 344 g/mol. The quantitative estimate of drug-likeness (QED) is 0.650. The second-order valence-corrected chi connectivity index (χ2v) is 6.25. The minimum Gasteiger partial charge on any atom is -0.328 e. The van der Waals surface area contributed by atoms with Crippen LogP contribution in [0, 0.1) is 11.3 Å². The van der Waals surface area contributed by atoms with Crippen molar-refractivity contribution in [1.29, 1.82) is 5.26 Å². The van der Waals surface area contributed by atoms with Crippen LogP contribution in [0.15, 0.2) is 40.3 Å². The molecule has 2 aliphatic heterocycles. The lowest BCUT2D eigenvalue weighted by molar-refractivity contribution is 0.546. The van der Waals surface area contributed by atoms with Gasteiger partial charge in [-0.1, -0.05) is 0 Å². The maximum absolute atomic E-state index is 12.8. The van der Waals surface area contributed by atoms with Crippen LogP contribution in [-0.4, -0.2) is 24.1 Å². The molecular formula is C16H11ClN6O2. The van der Waals surface area contributed by atoms with E-state index >= 15 is 0 Å². The van der Waals surface area contributed by atoms with E-state index in [1.807, 2.05) is 0 Å². The first kappa shape index (κ1) is 15.5. The highest BCUT2D eigenvalue weighted by atomic mass is 35.5. The third-order valence-corrected chi connectivity index (χ3v) is 4.45. The minimum absolute atomic E-state index is 0.140. The Balaban J connectivity index is 1.86. The largest absolute Gasteiger partial charge is 0.353 e. The minimum atomic E-state index is -1.04. The van der Waals surface area contributed by atoms with Gasteiger partial charge in [-0.2, -0.15) is 10.2 Å². The van der Waals surface area contributed by atoms with Crippen molar-refractivity contribution in [2.24, 2.45) is 0 Å². The summed E-state index contributed by atoms with van der Waals surface area (Å²) in [6.45, 7) is 0.327. The molecule has 0 radical (unpaired) electrons. The van der Waals surface area contributed by atoms with Gasteiger partial charge in [-0.15, -0.1) is 0 Å². The van der Waals surface area contributed by atoms with Gasteiger partial charge in [0.1, 0.15) is 5.54 Å². The summed E-state index contributed by atoms with van der Waals surface area (Å²) in [5.41, 5.74) is -1.20. The number of rotatable bonds is 3. The first-order valence-corrected chi connectivity index (χ1v) is 7.92. The van der Waals surface area contributed by atoms with E-state index in [1.54, 1.807) is 35.3 Å². The summed E-state index contributed by atoms with van der Waals surface area (Å²) in [4.78, 5) is 37.0. The van der Waals surface area contributed by atoms with Crippen LogP contribution in [0.1, 0.15) is 18.4 Å². The van der Waals surface area contributed by atoms with Crippen molar-refractivity contribution >= 4 is 11.6 Å². The van der Waals surface area contributed by atoms with Crippen LogP contribution in [0.4, 0.5) is 0 Å². The van der Waals surface area contributed by atoms with Gasteiger partial charge >= 0.3 is 5.69 Å². The zero-order chi connectivity index (χ0) is 17.6. The molecule has 0 saturated heterocycles. The average Bonchev–Trinajstić information content (AvgIpc) is 3.39. The van der Waals surface area contributed by atoms with Gasteiger partial charge in [0.2, 0.25) is 5.28 Å². The summed E-state index contributed by atoms with van der Waals surface area (Å²) < 4.78 is 2.64. The van der Waals surface area contributed by atoms with E-state index in [0.29, 0.717) is 24.9 Å². The standard InChI is InChI=1S/C16H11ClN6O2/c17-14-19-6-10(7-20-14)8-22-5-1-2-11-12(22)21-15(25)23(13(11)24)16(9-18)3-4-16/h1-2,5-7H,3-4,8H2. The summed E-state index contributed by atoms with van der Waals surface area (Å²) in [6.07, 6.45) is 5.82. The third-order valence-electron chi connectivity index (χ3n) is 4.25. The molecule has 0 atom stereocenters. The summed E-state index contributed by atoms with van der Waals surface area (Å²) >= 11 is 5.68. The molecule has 124 valence electrons. The molecule has 1 aliphatic carbocycles.